The molecular weight excluding hydrogens is 338 g/mol. The zero-order valence-electron chi connectivity index (χ0n) is 14.2. The van der Waals surface area contributed by atoms with Gasteiger partial charge in [-0.1, -0.05) is 11.6 Å². The number of esters is 1. The number of aromatic nitrogens is 2. The van der Waals surface area contributed by atoms with Crippen molar-refractivity contribution >= 4 is 17.8 Å². The fraction of sp³-hybridized carbons (Fsp3) is 0.278. The smallest absolute Gasteiger partial charge is 0.339 e. The second-order valence-corrected chi connectivity index (χ2v) is 5.94. The number of amides is 2. The van der Waals surface area contributed by atoms with Crippen LogP contribution in [-0.4, -0.2) is 34.2 Å². The molecular formula is C18H17N3O5. The van der Waals surface area contributed by atoms with Crippen LogP contribution in [0, 0.1) is 12.1 Å². The van der Waals surface area contributed by atoms with Gasteiger partial charge >= 0.3 is 11.8 Å². The van der Waals surface area contributed by atoms with Crippen molar-refractivity contribution in [2.45, 2.75) is 26.4 Å². The average Bonchev–Trinajstić information content (AvgIpc) is 2.85. The van der Waals surface area contributed by atoms with E-state index in [1.165, 1.54) is 18.5 Å². The molecule has 0 saturated carbocycles. The molecule has 8 nitrogen and oxygen atoms in total. The number of carbonyl (C=O) groups is 3. The third kappa shape index (κ3) is 3.53. The Kier molecular flexibility index (Phi) is 4.92. The molecule has 0 atom stereocenters. The maximum atomic E-state index is 12.3. The van der Waals surface area contributed by atoms with Crippen LogP contribution >= 0.6 is 0 Å². The van der Waals surface area contributed by atoms with Gasteiger partial charge in [0, 0.05) is 19.0 Å². The molecule has 8 heteroatoms. The van der Waals surface area contributed by atoms with Gasteiger partial charge in [-0.15, -0.1) is 0 Å². The van der Waals surface area contributed by atoms with E-state index in [0.29, 0.717) is 15.9 Å². The normalized spacial score (nSPS) is 13.0. The third-order valence-corrected chi connectivity index (χ3v) is 4.04. The summed E-state index contributed by atoms with van der Waals surface area (Å²) >= 11 is 0. The van der Waals surface area contributed by atoms with Crippen LogP contribution in [-0.2, 0) is 16.1 Å². The number of hydrogen-bond acceptors (Lipinski definition) is 6. The van der Waals surface area contributed by atoms with Gasteiger partial charge in [0.05, 0.1) is 17.3 Å². The molecule has 1 aromatic heterocycles. The number of imide groups is 1. The Morgan fingerprint density at radius 3 is 2.81 bits per heavy atom. The highest BCUT2D eigenvalue weighted by molar-refractivity contribution is 6.21. The highest BCUT2D eigenvalue weighted by Crippen LogP contribution is 2.24. The van der Waals surface area contributed by atoms with Crippen LogP contribution in [0.2, 0.25) is 0 Å². The first kappa shape index (κ1) is 17.5. The van der Waals surface area contributed by atoms with E-state index in [4.69, 9.17) is 4.74 Å². The van der Waals surface area contributed by atoms with Gasteiger partial charge in [0.2, 0.25) is 0 Å². The number of carbonyl (C=O) groups excluding carboxylic acids is 3. The van der Waals surface area contributed by atoms with Crippen LogP contribution in [0.15, 0.2) is 36.7 Å². The van der Waals surface area contributed by atoms with Gasteiger partial charge in [0.15, 0.2) is 6.61 Å². The zero-order valence-corrected chi connectivity index (χ0v) is 14.2. The van der Waals surface area contributed by atoms with Crippen molar-refractivity contribution in [1.29, 1.82) is 0 Å². The van der Waals surface area contributed by atoms with Gasteiger partial charge in [-0.3, -0.25) is 19.3 Å². The highest BCUT2D eigenvalue weighted by Gasteiger charge is 2.35. The van der Waals surface area contributed by atoms with Crippen LogP contribution in [0.4, 0.5) is 0 Å². The van der Waals surface area contributed by atoms with Crippen molar-refractivity contribution in [3.63, 3.8) is 0 Å². The van der Waals surface area contributed by atoms with E-state index >= 15 is 0 Å². The molecule has 134 valence electrons. The molecule has 2 amide bonds. The van der Waals surface area contributed by atoms with Gasteiger partial charge in [-0.05, 0) is 30.5 Å². The van der Waals surface area contributed by atoms with Crippen molar-refractivity contribution in [1.82, 2.24) is 9.88 Å². The summed E-state index contributed by atoms with van der Waals surface area (Å²) in [7, 11) is 0. The van der Waals surface area contributed by atoms with Crippen LogP contribution in [0.25, 0.3) is 0 Å². The first-order chi connectivity index (χ1) is 12.5. The van der Waals surface area contributed by atoms with Crippen LogP contribution in [0.3, 0.4) is 0 Å². The SMILES string of the molecule is Cc1ccc2c(c1)C(=O)N(CCCC(=O)OCc1nccc[n+]1[O-])C2=O. The molecule has 3 rings (SSSR count). The topological polar surface area (TPSA) is 104 Å². The number of fused-ring (bicyclic) bond motifs is 1. The van der Waals surface area contributed by atoms with E-state index in [1.807, 2.05) is 6.92 Å². The largest absolute Gasteiger partial charge is 0.711 e. The summed E-state index contributed by atoms with van der Waals surface area (Å²) in [5, 5.41) is 11.4. The van der Waals surface area contributed by atoms with E-state index < -0.39 is 5.97 Å². The fourth-order valence-corrected chi connectivity index (χ4v) is 2.70. The summed E-state index contributed by atoms with van der Waals surface area (Å²) in [6.45, 7) is 1.75. The number of nitrogens with zero attached hydrogens (tertiary/aromatic N) is 3. The first-order valence-corrected chi connectivity index (χ1v) is 8.13. The summed E-state index contributed by atoms with van der Waals surface area (Å²) in [6.07, 6.45) is 3.00. The van der Waals surface area contributed by atoms with Gasteiger partial charge in [0.1, 0.15) is 6.20 Å². The molecule has 0 fully saturated rings. The lowest BCUT2D eigenvalue weighted by molar-refractivity contribution is -0.620. The van der Waals surface area contributed by atoms with Crippen LogP contribution in [0.1, 0.15) is 44.9 Å². The number of aryl methyl sites for hydroxylation is 1. The van der Waals surface area contributed by atoms with Crippen molar-refractivity contribution < 1.29 is 23.9 Å². The average molecular weight is 355 g/mol. The predicted octanol–water partition coefficient (Wildman–Crippen LogP) is 1.14. The number of rotatable bonds is 6. The zero-order chi connectivity index (χ0) is 18.7. The molecule has 2 aromatic rings. The van der Waals surface area contributed by atoms with Gasteiger partial charge < -0.3 is 9.94 Å². The second-order valence-electron chi connectivity index (χ2n) is 5.94. The molecule has 0 aliphatic carbocycles. The summed E-state index contributed by atoms with van der Waals surface area (Å²) in [6, 6.07) is 6.59. The van der Waals surface area contributed by atoms with Gasteiger partial charge in [-0.2, -0.15) is 0 Å². The van der Waals surface area contributed by atoms with Gasteiger partial charge in [-0.25, -0.2) is 4.73 Å². The maximum Gasteiger partial charge on any atom is 0.339 e. The molecule has 0 saturated heterocycles. The molecule has 26 heavy (non-hydrogen) atoms. The molecule has 1 aliphatic rings. The predicted molar refractivity (Wildman–Crippen MR) is 88.8 cm³/mol. The van der Waals surface area contributed by atoms with Crippen molar-refractivity contribution in [3.05, 3.63) is 64.4 Å². The molecule has 0 N–H and O–H groups in total. The van der Waals surface area contributed by atoms with Crippen molar-refractivity contribution in [2.75, 3.05) is 6.54 Å². The third-order valence-electron chi connectivity index (χ3n) is 4.04. The Labute approximate surface area is 149 Å². The van der Waals surface area contributed by atoms with E-state index in [-0.39, 0.29) is 43.6 Å². The Balaban J connectivity index is 1.49. The van der Waals surface area contributed by atoms with Crippen LogP contribution < -0.4 is 4.73 Å². The lowest BCUT2D eigenvalue weighted by atomic mass is 10.1. The summed E-state index contributed by atoms with van der Waals surface area (Å²) < 4.78 is 5.52. The number of benzene rings is 1. The van der Waals surface area contributed by atoms with E-state index in [9.17, 15) is 19.6 Å². The molecule has 0 bridgehead atoms. The molecule has 0 unspecified atom stereocenters. The number of hydrogen-bond donors (Lipinski definition) is 0. The van der Waals surface area contributed by atoms with Crippen molar-refractivity contribution in [2.24, 2.45) is 0 Å². The summed E-state index contributed by atoms with van der Waals surface area (Å²) in [5.74, 6) is -1.14. The van der Waals surface area contributed by atoms with Crippen LogP contribution in [0.5, 0.6) is 0 Å². The Bertz CT molecular complexity index is 881. The van der Waals surface area contributed by atoms with Gasteiger partial charge in [0.25, 0.3) is 11.8 Å². The summed E-state index contributed by atoms with van der Waals surface area (Å²) in [5.41, 5.74) is 1.69. The highest BCUT2D eigenvalue weighted by atomic mass is 16.5. The fourth-order valence-electron chi connectivity index (χ4n) is 2.70. The summed E-state index contributed by atoms with van der Waals surface area (Å²) in [4.78, 5) is 41.3. The minimum absolute atomic E-state index is 0.0259. The Morgan fingerprint density at radius 1 is 1.27 bits per heavy atom. The molecule has 1 aliphatic heterocycles. The Hall–Kier alpha value is -3.29. The first-order valence-electron chi connectivity index (χ1n) is 8.13. The van der Waals surface area contributed by atoms with E-state index in [1.54, 1.807) is 18.2 Å². The van der Waals surface area contributed by atoms with E-state index in [0.717, 1.165) is 10.5 Å². The quantitative estimate of drug-likeness (QED) is 0.333. The second kappa shape index (κ2) is 7.30. The lowest BCUT2D eigenvalue weighted by Gasteiger charge is -2.13. The lowest BCUT2D eigenvalue weighted by Crippen LogP contribution is -2.33. The Morgan fingerprint density at radius 2 is 2.04 bits per heavy atom. The maximum absolute atomic E-state index is 12.3. The molecule has 1 aromatic carbocycles. The van der Waals surface area contributed by atoms with E-state index in [2.05, 4.69) is 4.98 Å². The minimum Gasteiger partial charge on any atom is -0.711 e. The molecule has 0 radical (unpaired) electrons. The molecule has 0 spiro atoms. The minimum atomic E-state index is -0.525. The standard InChI is InChI=1S/C18H17N3O5/c1-12-5-6-13-14(10-12)18(24)20(17(13)23)8-2-4-16(22)26-11-15-19-7-3-9-21(15)25/h3,5-7,9-10H,2,4,8,11H2,1H3. The molecule has 2 heterocycles. The van der Waals surface area contributed by atoms with Crippen molar-refractivity contribution in [3.8, 4) is 0 Å². The number of ether oxygens (including phenoxy) is 1. The monoisotopic (exact) mass is 355 g/mol.